The van der Waals surface area contributed by atoms with Crippen LogP contribution in [0.3, 0.4) is 0 Å². The lowest BCUT2D eigenvalue weighted by atomic mass is 9.44. The molecule has 3 aromatic carbocycles. The van der Waals surface area contributed by atoms with Gasteiger partial charge in [0.2, 0.25) is 0 Å². The number of esters is 3. The van der Waals surface area contributed by atoms with Crippen LogP contribution in [-0.4, -0.2) is 104 Å². The minimum Gasteiger partial charge on any atom is -0.456 e. The first-order valence-electron chi connectivity index (χ1n) is 19.6. The van der Waals surface area contributed by atoms with Crippen molar-refractivity contribution in [3.8, 4) is 0 Å². The van der Waals surface area contributed by atoms with Crippen molar-refractivity contribution in [3.05, 3.63) is 119 Å². The molecule has 59 heavy (non-hydrogen) atoms. The van der Waals surface area contributed by atoms with Gasteiger partial charge in [-0.15, -0.1) is 0 Å². The van der Waals surface area contributed by atoms with Crippen molar-refractivity contribution in [2.45, 2.75) is 101 Å². The van der Waals surface area contributed by atoms with E-state index in [1.165, 1.54) is 26.0 Å². The highest BCUT2D eigenvalue weighted by molar-refractivity contribution is 5.95. The van der Waals surface area contributed by atoms with Gasteiger partial charge < -0.3 is 44.7 Å². The fourth-order valence-corrected chi connectivity index (χ4v) is 9.94. The summed E-state index contributed by atoms with van der Waals surface area (Å²) in [6.07, 6.45) is -10.5. The van der Waals surface area contributed by atoms with Gasteiger partial charge in [0.15, 0.2) is 17.5 Å². The largest absolute Gasteiger partial charge is 0.456 e. The number of amides is 1. The molecule has 1 amide bonds. The summed E-state index contributed by atoms with van der Waals surface area (Å²) in [6, 6.07) is 23.1. The molecule has 0 spiro atoms. The minimum atomic E-state index is -2.35. The third-order valence-electron chi connectivity index (χ3n) is 13.2. The van der Waals surface area contributed by atoms with Gasteiger partial charge in [-0.05, 0) is 54.8 Å². The highest BCUT2D eigenvalue weighted by atomic mass is 16.6. The standard InChI is InChI=1S/C45H49NO13/c1-24-29(57-41(54)35(50)33(26-15-9-6-10-16-26)46-39(52)27-17-11-7-12-18-27)22-45(55)38(58-40(53)28-19-13-8-14-20-28)36-43(5,37(51)34(49)32(24)42(45,3)4)30(48)21-31-44(36,23-56-31)59-25(2)47/h6-20,29-31,33-36,38,48-50,55H,21-23H2,1-5H3,(H,46,52)/t29-,30+,31+,33?,34+,35+,36-,38-,43+,44-,45+/m0/s1. The van der Waals surface area contributed by atoms with E-state index in [0.717, 1.165) is 6.92 Å². The highest BCUT2D eigenvalue weighted by Crippen LogP contribution is 2.64. The van der Waals surface area contributed by atoms with Crippen molar-refractivity contribution in [1.29, 1.82) is 0 Å². The summed E-state index contributed by atoms with van der Waals surface area (Å²) in [5.41, 5.74) is -6.86. The summed E-state index contributed by atoms with van der Waals surface area (Å²) in [4.78, 5) is 69.5. The van der Waals surface area contributed by atoms with Crippen LogP contribution in [0.1, 0.15) is 79.8 Å². The number of nitrogens with one attached hydrogen (secondary N) is 1. The number of aliphatic hydroxyl groups excluding tert-OH is 3. The fourth-order valence-electron chi connectivity index (χ4n) is 9.94. The SMILES string of the molecule is CC(=O)O[C@@]12CO[C@@H]1C[C@@H](O)[C@@]1(C)C(=O)[C@H](O)C3=C(C)[C@@H](OC(=O)[C@H](O)C(NC(=O)c4ccccc4)c4ccccc4)C[C@@](O)([C@@H](OC(=O)c4ccccc4)[C@H]21)C3(C)C. The van der Waals surface area contributed by atoms with E-state index in [0.29, 0.717) is 5.56 Å². The number of carbonyl (C=O) groups excluding carboxylic acids is 5. The maximum absolute atomic E-state index is 15.0. The quantitative estimate of drug-likeness (QED) is 0.120. The first-order chi connectivity index (χ1) is 27.9. The van der Waals surface area contributed by atoms with E-state index >= 15 is 0 Å². The highest BCUT2D eigenvalue weighted by Gasteiger charge is 2.78. The number of benzene rings is 3. The van der Waals surface area contributed by atoms with Gasteiger partial charge in [0, 0.05) is 30.7 Å². The van der Waals surface area contributed by atoms with Crippen LogP contribution < -0.4 is 5.32 Å². The van der Waals surface area contributed by atoms with Crippen LogP contribution in [0, 0.1) is 16.7 Å². The number of hydrogen-bond donors (Lipinski definition) is 5. The van der Waals surface area contributed by atoms with Crippen molar-refractivity contribution in [3.63, 3.8) is 0 Å². The number of ketones is 1. The van der Waals surface area contributed by atoms with Crippen molar-refractivity contribution >= 4 is 29.6 Å². The topological polar surface area (TPSA) is 215 Å². The zero-order valence-electron chi connectivity index (χ0n) is 33.4. The zero-order valence-corrected chi connectivity index (χ0v) is 33.4. The van der Waals surface area contributed by atoms with Crippen LogP contribution in [0.2, 0.25) is 0 Å². The fraction of sp³-hybridized carbons (Fsp3) is 0.444. The van der Waals surface area contributed by atoms with Crippen LogP contribution >= 0.6 is 0 Å². The summed E-state index contributed by atoms with van der Waals surface area (Å²) in [5, 5.41) is 51.9. The van der Waals surface area contributed by atoms with E-state index in [1.54, 1.807) is 92.7 Å². The molecule has 1 aliphatic heterocycles. The molecule has 3 fully saturated rings. The molecule has 312 valence electrons. The van der Waals surface area contributed by atoms with Crippen LogP contribution in [0.5, 0.6) is 0 Å². The van der Waals surface area contributed by atoms with Gasteiger partial charge in [-0.3, -0.25) is 14.4 Å². The summed E-state index contributed by atoms with van der Waals surface area (Å²) >= 11 is 0. The smallest absolute Gasteiger partial charge is 0.338 e. The Morgan fingerprint density at radius 1 is 0.864 bits per heavy atom. The second-order valence-corrected chi connectivity index (χ2v) is 16.8. The molecular weight excluding hydrogens is 762 g/mol. The molecule has 2 saturated carbocycles. The first-order valence-corrected chi connectivity index (χ1v) is 19.6. The van der Waals surface area contributed by atoms with E-state index in [1.807, 2.05) is 0 Å². The number of aliphatic hydroxyl groups is 4. The maximum atomic E-state index is 15.0. The average Bonchev–Trinajstić information content (AvgIpc) is 3.21. The van der Waals surface area contributed by atoms with Crippen LogP contribution in [-0.2, 0) is 33.3 Å². The molecule has 14 heteroatoms. The predicted octanol–water partition coefficient (Wildman–Crippen LogP) is 3.16. The Kier molecular flexibility index (Phi) is 10.9. The second-order valence-electron chi connectivity index (χ2n) is 16.8. The Balaban J connectivity index is 1.34. The summed E-state index contributed by atoms with van der Waals surface area (Å²) in [7, 11) is 0. The van der Waals surface area contributed by atoms with Crippen LogP contribution in [0.4, 0.5) is 0 Å². The van der Waals surface area contributed by atoms with E-state index in [4.69, 9.17) is 18.9 Å². The van der Waals surface area contributed by atoms with E-state index in [2.05, 4.69) is 5.32 Å². The summed E-state index contributed by atoms with van der Waals surface area (Å²) in [6.45, 7) is 6.89. The van der Waals surface area contributed by atoms with Gasteiger partial charge in [0.25, 0.3) is 5.91 Å². The van der Waals surface area contributed by atoms with Gasteiger partial charge >= 0.3 is 17.9 Å². The molecule has 14 nitrogen and oxygen atoms in total. The Morgan fingerprint density at radius 3 is 2.00 bits per heavy atom. The third kappa shape index (κ3) is 6.76. The Morgan fingerprint density at radius 2 is 1.44 bits per heavy atom. The number of hydrogen-bond acceptors (Lipinski definition) is 13. The number of ether oxygens (including phenoxy) is 4. The molecule has 2 bridgehead atoms. The molecule has 5 N–H and O–H groups in total. The van der Waals surface area contributed by atoms with Crippen LogP contribution in [0.15, 0.2) is 102 Å². The molecule has 3 aromatic rings. The van der Waals surface area contributed by atoms with E-state index < -0.39 is 107 Å². The molecule has 4 aliphatic rings. The van der Waals surface area contributed by atoms with E-state index in [9.17, 15) is 44.4 Å². The zero-order chi connectivity index (χ0) is 42.7. The second kappa shape index (κ2) is 15.4. The molecule has 1 heterocycles. The van der Waals surface area contributed by atoms with Crippen molar-refractivity contribution in [2.24, 2.45) is 16.7 Å². The maximum Gasteiger partial charge on any atom is 0.338 e. The van der Waals surface area contributed by atoms with Gasteiger partial charge in [-0.25, -0.2) is 9.59 Å². The van der Waals surface area contributed by atoms with E-state index in [-0.39, 0.29) is 35.3 Å². The summed E-state index contributed by atoms with van der Waals surface area (Å²) < 4.78 is 24.2. The molecule has 7 rings (SSSR count). The van der Waals surface area contributed by atoms with Crippen LogP contribution in [0.25, 0.3) is 0 Å². The lowest BCUT2D eigenvalue weighted by molar-refractivity contribution is -0.346. The third-order valence-corrected chi connectivity index (χ3v) is 13.2. The molecule has 1 unspecified atom stereocenters. The van der Waals surface area contributed by atoms with Crippen molar-refractivity contribution < 1.29 is 63.3 Å². The number of Topliss-reactive ketones (excluding diaryl/α,β-unsaturated/α-hetero) is 1. The molecule has 0 aromatic heterocycles. The van der Waals surface area contributed by atoms with Gasteiger partial charge in [-0.2, -0.15) is 0 Å². The Bertz CT molecular complexity index is 2160. The van der Waals surface area contributed by atoms with Crippen molar-refractivity contribution in [2.75, 3.05) is 6.61 Å². The van der Waals surface area contributed by atoms with Gasteiger partial charge in [0.1, 0.15) is 30.0 Å². The summed E-state index contributed by atoms with van der Waals surface area (Å²) in [5.74, 6) is -5.89. The Labute approximate surface area is 341 Å². The van der Waals surface area contributed by atoms with Crippen molar-refractivity contribution in [1.82, 2.24) is 5.32 Å². The lowest BCUT2D eigenvalue weighted by Crippen LogP contribution is -2.81. The average molecular weight is 812 g/mol. The molecule has 0 radical (unpaired) electrons. The molecule has 1 saturated heterocycles. The van der Waals surface area contributed by atoms with Gasteiger partial charge in [-0.1, -0.05) is 80.6 Å². The lowest BCUT2D eigenvalue weighted by Gasteiger charge is -2.67. The predicted molar refractivity (Wildman–Crippen MR) is 208 cm³/mol. The number of fused-ring (bicyclic) bond motifs is 5. The molecular formula is C45H49NO13. The Hall–Kier alpha value is -5.25. The number of rotatable bonds is 9. The monoisotopic (exact) mass is 811 g/mol. The normalized spacial score (nSPS) is 33.0. The molecule has 3 aliphatic carbocycles. The first kappa shape index (κ1) is 41.9. The molecule has 11 atom stereocenters. The number of carbonyl (C=O) groups is 5. The van der Waals surface area contributed by atoms with Gasteiger partial charge in [0.05, 0.1) is 35.6 Å². The minimum absolute atomic E-state index is 0.0540.